The second-order valence-corrected chi connectivity index (χ2v) is 7.43. The van der Waals surface area contributed by atoms with E-state index in [0.29, 0.717) is 10.9 Å². The van der Waals surface area contributed by atoms with E-state index in [4.69, 9.17) is 0 Å². The summed E-state index contributed by atoms with van der Waals surface area (Å²) in [7, 11) is 0. The fourth-order valence-electron chi connectivity index (χ4n) is 2.78. The largest absolute Gasteiger partial charge is 0.349 e. The molecular formula is C21H23N3OS. The van der Waals surface area contributed by atoms with Crippen molar-refractivity contribution in [3.63, 3.8) is 0 Å². The van der Waals surface area contributed by atoms with Gasteiger partial charge in [0.25, 0.3) is 0 Å². The standard InChI is InChI=1S/C21H23N3OS/c1-13-14(2)23-21(24-15(13)3)26-12-20(25)22-16(4)18-10-9-17-7-5-6-8-19(17)11-18/h5-11,16H,12H2,1-4H3,(H,22,25). The van der Waals surface area contributed by atoms with E-state index in [1.54, 1.807) is 0 Å². The minimum absolute atomic E-state index is 0.0184. The van der Waals surface area contributed by atoms with E-state index >= 15 is 0 Å². The van der Waals surface area contributed by atoms with Crippen molar-refractivity contribution in [2.24, 2.45) is 0 Å². The number of fused-ring (bicyclic) bond motifs is 1. The van der Waals surface area contributed by atoms with Gasteiger partial charge in [0, 0.05) is 11.4 Å². The Kier molecular flexibility index (Phi) is 5.57. The molecule has 1 amide bonds. The van der Waals surface area contributed by atoms with E-state index in [9.17, 15) is 4.79 Å². The Labute approximate surface area is 158 Å². The van der Waals surface area contributed by atoms with Gasteiger partial charge in [-0.05, 0) is 55.7 Å². The summed E-state index contributed by atoms with van der Waals surface area (Å²) in [5, 5.41) is 6.09. The molecule has 3 rings (SSSR count). The fraction of sp³-hybridized carbons (Fsp3) is 0.286. The molecule has 0 aliphatic carbocycles. The van der Waals surface area contributed by atoms with Crippen LogP contribution in [0, 0.1) is 20.8 Å². The van der Waals surface area contributed by atoms with Crippen LogP contribution < -0.4 is 5.32 Å². The molecule has 5 heteroatoms. The Balaban J connectivity index is 1.61. The number of nitrogens with one attached hydrogen (secondary N) is 1. The van der Waals surface area contributed by atoms with Gasteiger partial charge in [-0.1, -0.05) is 48.2 Å². The highest BCUT2D eigenvalue weighted by Crippen LogP contribution is 2.21. The van der Waals surface area contributed by atoms with Crippen molar-refractivity contribution in [2.75, 3.05) is 5.75 Å². The number of hydrogen-bond acceptors (Lipinski definition) is 4. The predicted molar refractivity (Wildman–Crippen MR) is 107 cm³/mol. The number of nitrogens with zero attached hydrogens (tertiary/aromatic N) is 2. The Hall–Kier alpha value is -2.40. The summed E-state index contributed by atoms with van der Waals surface area (Å²) in [6, 6.07) is 14.5. The molecule has 0 saturated carbocycles. The third-order valence-electron chi connectivity index (χ3n) is 4.60. The van der Waals surface area contributed by atoms with Crippen LogP contribution in [0.15, 0.2) is 47.6 Å². The second kappa shape index (κ2) is 7.87. The highest BCUT2D eigenvalue weighted by Gasteiger charge is 2.12. The van der Waals surface area contributed by atoms with Crippen molar-refractivity contribution >= 4 is 28.4 Å². The molecule has 1 heterocycles. The molecule has 2 aromatic carbocycles. The molecule has 1 unspecified atom stereocenters. The zero-order valence-corrected chi connectivity index (χ0v) is 16.4. The SMILES string of the molecule is Cc1nc(SCC(=O)NC(C)c2ccc3ccccc3c2)nc(C)c1C. The average molecular weight is 366 g/mol. The quantitative estimate of drug-likeness (QED) is 0.533. The Morgan fingerprint density at radius 2 is 1.69 bits per heavy atom. The maximum absolute atomic E-state index is 12.3. The van der Waals surface area contributed by atoms with Gasteiger partial charge in [-0.15, -0.1) is 0 Å². The maximum Gasteiger partial charge on any atom is 0.230 e. The number of rotatable bonds is 5. The van der Waals surface area contributed by atoms with Gasteiger partial charge in [-0.3, -0.25) is 4.79 Å². The molecule has 0 aliphatic heterocycles. The van der Waals surface area contributed by atoms with Crippen molar-refractivity contribution in [1.82, 2.24) is 15.3 Å². The number of carbonyl (C=O) groups excluding carboxylic acids is 1. The third-order valence-corrected chi connectivity index (χ3v) is 5.44. The van der Waals surface area contributed by atoms with Crippen LogP contribution >= 0.6 is 11.8 Å². The molecule has 0 saturated heterocycles. The van der Waals surface area contributed by atoms with E-state index in [1.165, 1.54) is 22.5 Å². The van der Waals surface area contributed by atoms with Crippen molar-refractivity contribution in [1.29, 1.82) is 0 Å². The van der Waals surface area contributed by atoms with Gasteiger partial charge in [0.1, 0.15) is 0 Å². The van der Waals surface area contributed by atoms with Gasteiger partial charge in [0.2, 0.25) is 5.91 Å². The lowest BCUT2D eigenvalue weighted by Crippen LogP contribution is -2.28. The molecule has 0 bridgehead atoms. The minimum atomic E-state index is -0.0462. The first kappa shape index (κ1) is 18.4. The molecule has 0 spiro atoms. The number of hydrogen-bond donors (Lipinski definition) is 1. The summed E-state index contributed by atoms with van der Waals surface area (Å²) in [6.07, 6.45) is 0. The highest BCUT2D eigenvalue weighted by atomic mass is 32.2. The van der Waals surface area contributed by atoms with Crippen molar-refractivity contribution in [3.05, 3.63) is 65.0 Å². The van der Waals surface area contributed by atoms with E-state index < -0.39 is 0 Å². The topological polar surface area (TPSA) is 54.9 Å². The van der Waals surface area contributed by atoms with Crippen LogP contribution in [-0.2, 0) is 4.79 Å². The number of amides is 1. The van der Waals surface area contributed by atoms with Gasteiger partial charge in [0.15, 0.2) is 5.16 Å². The van der Waals surface area contributed by atoms with Crippen LogP contribution in [0.3, 0.4) is 0 Å². The van der Waals surface area contributed by atoms with Crippen LogP contribution in [0.5, 0.6) is 0 Å². The van der Waals surface area contributed by atoms with Crippen LogP contribution in [0.2, 0.25) is 0 Å². The molecule has 1 aromatic heterocycles. The molecule has 0 fully saturated rings. The first-order valence-electron chi connectivity index (χ1n) is 8.66. The van der Waals surface area contributed by atoms with Crippen LogP contribution in [-0.4, -0.2) is 21.6 Å². The summed E-state index contributed by atoms with van der Waals surface area (Å²) in [5.41, 5.74) is 4.12. The zero-order valence-electron chi connectivity index (χ0n) is 15.5. The lowest BCUT2D eigenvalue weighted by atomic mass is 10.0. The van der Waals surface area contributed by atoms with E-state index in [1.807, 2.05) is 39.8 Å². The van der Waals surface area contributed by atoms with Crippen LogP contribution in [0.4, 0.5) is 0 Å². The van der Waals surface area contributed by atoms with Crippen molar-refractivity contribution in [2.45, 2.75) is 38.9 Å². The van der Waals surface area contributed by atoms with E-state index in [2.05, 4.69) is 45.6 Å². The van der Waals surface area contributed by atoms with Gasteiger partial charge < -0.3 is 5.32 Å². The first-order valence-corrected chi connectivity index (χ1v) is 9.65. The molecule has 3 aromatic rings. The summed E-state index contributed by atoms with van der Waals surface area (Å²) in [6.45, 7) is 7.95. The van der Waals surface area contributed by atoms with E-state index in [0.717, 1.165) is 22.5 Å². The monoisotopic (exact) mass is 365 g/mol. The van der Waals surface area contributed by atoms with Crippen LogP contribution in [0.1, 0.15) is 35.5 Å². The van der Waals surface area contributed by atoms with Gasteiger partial charge in [-0.2, -0.15) is 0 Å². The second-order valence-electron chi connectivity index (χ2n) is 6.49. The highest BCUT2D eigenvalue weighted by molar-refractivity contribution is 7.99. The normalized spacial score (nSPS) is 12.2. The van der Waals surface area contributed by atoms with Gasteiger partial charge >= 0.3 is 0 Å². The smallest absolute Gasteiger partial charge is 0.230 e. The van der Waals surface area contributed by atoms with Crippen molar-refractivity contribution in [3.8, 4) is 0 Å². The summed E-state index contributed by atoms with van der Waals surface area (Å²) in [4.78, 5) is 21.2. The average Bonchev–Trinajstić information content (AvgIpc) is 2.63. The number of carbonyl (C=O) groups is 1. The minimum Gasteiger partial charge on any atom is -0.349 e. The lowest BCUT2D eigenvalue weighted by Gasteiger charge is -2.15. The molecule has 1 atom stereocenters. The Morgan fingerprint density at radius 1 is 1.04 bits per heavy atom. The Bertz CT molecular complexity index is 932. The molecule has 1 N–H and O–H groups in total. The number of thioether (sulfide) groups is 1. The Morgan fingerprint density at radius 3 is 2.38 bits per heavy atom. The summed E-state index contributed by atoms with van der Waals surface area (Å²) in [5.74, 6) is 0.287. The maximum atomic E-state index is 12.3. The fourth-order valence-corrected chi connectivity index (χ4v) is 3.53. The molecule has 134 valence electrons. The number of benzene rings is 2. The van der Waals surface area contributed by atoms with Crippen molar-refractivity contribution < 1.29 is 4.79 Å². The molecule has 26 heavy (non-hydrogen) atoms. The predicted octanol–water partition coefficient (Wildman–Crippen LogP) is 4.52. The summed E-state index contributed by atoms with van der Waals surface area (Å²) >= 11 is 1.37. The van der Waals surface area contributed by atoms with Crippen LogP contribution in [0.25, 0.3) is 10.8 Å². The van der Waals surface area contributed by atoms with Gasteiger partial charge in [0.05, 0.1) is 11.8 Å². The molecule has 0 radical (unpaired) electrons. The first-order chi connectivity index (χ1) is 12.4. The van der Waals surface area contributed by atoms with Gasteiger partial charge in [-0.25, -0.2) is 9.97 Å². The number of aryl methyl sites for hydroxylation is 2. The molecule has 0 aliphatic rings. The third kappa shape index (κ3) is 4.22. The van der Waals surface area contributed by atoms with E-state index in [-0.39, 0.29) is 11.9 Å². The molecule has 4 nitrogen and oxygen atoms in total. The zero-order chi connectivity index (χ0) is 18.7. The molecular weight excluding hydrogens is 342 g/mol. The number of aromatic nitrogens is 2. The summed E-state index contributed by atoms with van der Waals surface area (Å²) < 4.78 is 0. The lowest BCUT2D eigenvalue weighted by molar-refractivity contribution is -0.119.